The Morgan fingerprint density at radius 1 is 0.786 bits per heavy atom. The van der Waals surface area contributed by atoms with E-state index in [1.807, 2.05) is 0 Å². The third-order valence-electron chi connectivity index (χ3n) is 4.60. The molecule has 0 unspecified atom stereocenters. The normalized spacial score (nSPS) is 11.5. The number of carbonyl (C=O) groups is 2. The number of hydrogen-bond acceptors (Lipinski definition) is 4. The molecule has 1 amide bonds. The van der Waals surface area contributed by atoms with Gasteiger partial charge in [-0.05, 0) is 32.6 Å². The van der Waals surface area contributed by atoms with Gasteiger partial charge in [-0.3, -0.25) is 14.1 Å². The number of quaternary nitrogens is 1. The molecule has 0 fully saturated rings. The number of nitrogens with zero attached hydrogens (tertiary/aromatic N) is 1. The molecule has 0 aromatic heterocycles. The number of Topliss-reactive ketones (excluding diaryl/α,β-unsaturated/α-hetero) is 1. The lowest BCUT2D eigenvalue weighted by molar-refractivity contribution is -0.929. The lowest BCUT2D eigenvalue weighted by atomic mass is 10.1. The summed E-state index contributed by atoms with van der Waals surface area (Å²) in [6, 6.07) is 0. The average Bonchev–Trinajstić information content (AvgIpc) is 2.58. The molecule has 0 radical (unpaired) electrons. The van der Waals surface area contributed by atoms with Gasteiger partial charge >= 0.3 is 10.3 Å². The maximum atomic E-state index is 10.4. The fourth-order valence-corrected chi connectivity index (χ4v) is 3.41. The number of ketones is 1. The molecule has 0 aromatic carbocycles. The van der Waals surface area contributed by atoms with Crippen molar-refractivity contribution >= 4 is 22.0 Å². The van der Waals surface area contributed by atoms with Crippen molar-refractivity contribution in [2.75, 3.05) is 26.2 Å². The molecule has 2 N–H and O–H groups in total. The molecule has 7 nitrogen and oxygen atoms in total. The topological polar surface area (TPSA) is 101 Å². The van der Waals surface area contributed by atoms with Crippen LogP contribution in [0.2, 0.25) is 0 Å². The summed E-state index contributed by atoms with van der Waals surface area (Å²) in [5.41, 5.74) is 0. The summed E-state index contributed by atoms with van der Waals surface area (Å²) < 4.78 is 30.5. The number of amides is 1. The van der Waals surface area contributed by atoms with E-state index in [4.69, 9.17) is 4.55 Å². The highest BCUT2D eigenvalue weighted by Crippen LogP contribution is 2.16. The molecule has 0 aliphatic carbocycles. The molecule has 0 aromatic rings. The highest BCUT2D eigenvalue weighted by Gasteiger charge is 2.24. The van der Waals surface area contributed by atoms with E-state index in [1.54, 1.807) is 0 Å². The van der Waals surface area contributed by atoms with Crippen molar-refractivity contribution in [2.45, 2.75) is 92.4 Å². The van der Waals surface area contributed by atoms with Gasteiger partial charge in [-0.1, -0.05) is 53.4 Å². The molecule has 0 saturated carbocycles. The first-order valence-corrected chi connectivity index (χ1v) is 12.1. The quantitative estimate of drug-likeness (QED) is 0.236. The van der Waals surface area contributed by atoms with E-state index in [-0.39, 0.29) is 0 Å². The van der Waals surface area contributed by atoms with Crippen molar-refractivity contribution in [1.82, 2.24) is 4.72 Å². The first-order chi connectivity index (χ1) is 13.1. The Hall–Kier alpha value is -0.990. The van der Waals surface area contributed by atoms with Crippen molar-refractivity contribution in [3.05, 3.63) is 0 Å². The zero-order chi connectivity index (χ0) is 22.1. The average molecular weight is 424 g/mol. The summed E-state index contributed by atoms with van der Waals surface area (Å²) in [4.78, 5) is 20.6. The monoisotopic (exact) mass is 423 g/mol. The minimum absolute atomic E-state index is 0.480. The Bertz CT molecular complexity index is 483. The molecule has 8 heteroatoms. The van der Waals surface area contributed by atoms with Gasteiger partial charge in [-0.15, -0.1) is 0 Å². The van der Waals surface area contributed by atoms with Crippen molar-refractivity contribution < 1.29 is 27.0 Å². The van der Waals surface area contributed by atoms with Crippen LogP contribution in [0.25, 0.3) is 0 Å². The Balaban J connectivity index is 0. The van der Waals surface area contributed by atoms with Crippen LogP contribution in [0, 0.1) is 0 Å². The van der Waals surface area contributed by atoms with Gasteiger partial charge in [0.1, 0.15) is 5.78 Å². The van der Waals surface area contributed by atoms with Crippen molar-refractivity contribution in [2.24, 2.45) is 0 Å². The Morgan fingerprint density at radius 2 is 1.11 bits per heavy atom. The van der Waals surface area contributed by atoms with Gasteiger partial charge in [0.25, 0.3) is 0 Å². The molecular weight excluding hydrogens is 380 g/mol. The van der Waals surface area contributed by atoms with E-state index in [0.717, 1.165) is 6.92 Å². The lowest BCUT2D eigenvalue weighted by Crippen LogP contribution is -2.50. The smallest absolute Gasteiger partial charge is 0.324 e. The molecule has 0 aliphatic rings. The van der Waals surface area contributed by atoms with E-state index in [2.05, 4.69) is 27.7 Å². The van der Waals surface area contributed by atoms with Crippen molar-refractivity contribution in [3.63, 3.8) is 0 Å². The number of nitrogens with one attached hydrogen (secondary N) is 1. The fourth-order valence-electron chi connectivity index (χ4n) is 3.05. The third-order valence-corrected chi connectivity index (χ3v) is 5.08. The maximum Gasteiger partial charge on any atom is 0.359 e. The zero-order valence-corrected chi connectivity index (χ0v) is 19.4. The van der Waals surface area contributed by atoms with E-state index in [0.29, 0.717) is 0 Å². The van der Waals surface area contributed by atoms with Crippen LogP contribution >= 0.6 is 0 Å². The van der Waals surface area contributed by atoms with Gasteiger partial charge < -0.3 is 4.48 Å². The first kappa shape index (κ1) is 29.2. The molecule has 0 heterocycles. The summed E-state index contributed by atoms with van der Waals surface area (Å²) in [6.45, 7) is 16.1. The molecule has 28 heavy (non-hydrogen) atoms. The van der Waals surface area contributed by atoms with Crippen LogP contribution in [-0.4, -0.2) is 55.3 Å². The highest BCUT2D eigenvalue weighted by atomic mass is 32.2. The fraction of sp³-hybridized carbons (Fsp3) is 0.900. The number of rotatable bonds is 15. The number of hydrogen-bond donors (Lipinski definition) is 2. The predicted molar refractivity (Wildman–Crippen MR) is 114 cm³/mol. The molecule has 0 atom stereocenters. The summed E-state index contributed by atoms with van der Waals surface area (Å²) in [7, 11) is -4.52. The van der Waals surface area contributed by atoms with E-state index < -0.39 is 28.4 Å². The highest BCUT2D eigenvalue weighted by molar-refractivity contribution is 7.84. The number of carbonyl (C=O) groups excluding carboxylic acids is 2. The lowest BCUT2D eigenvalue weighted by Gasteiger charge is -2.39. The van der Waals surface area contributed by atoms with Crippen molar-refractivity contribution in [3.8, 4) is 0 Å². The standard InChI is InChI=1S/C16H36N.C4H7NO5S/c1-5-9-13-17(14-10-6-2,15-11-7-3)16-12-8-4;1-3(6)2-4(7)5-11(8,9)10/h5-16H2,1-4H3;2H2,1H3,(H,5,7)(H,8,9,10)/q+1;. The second-order valence-corrected chi connectivity index (χ2v) is 8.68. The SMILES string of the molecule is CC(=O)CC(=O)NS(=O)(=O)O.CCCC[N+](CCCC)(CCCC)CCCC. The van der Waals surface area contributed by atoms with Crippen LogP contribution in [0.1, 0.15) is 92.4 Å². The Morgan fingerprint density at radius 3 is 1.32 bits per heavy atom. The predicted octanol–water partition coefficient (Wildman–Crippen LogP) is 3.89. The molecule has 0 rings (SSSR count). The van der Waals surface area contributed by atoms with E-state index in [9.17, 15) is 18.0 Å². The Kier molecular flexibility index (Phi) is 17.7. The van der Waals surface area contributed by atoms with E-state index >= 15 is 0 Å². The first-order valence-electron chi connectivity index (χ1n) is 10.7. The van der Waals surface area contributed by atoms with Crippen LogP contribution in [0.3, 0.4) is 0 Å². The van der Waals surface area contributed by atoms with Crippen LogP contribution in [0.4, 0.5) is 0 Å². The molecular formula is C20H43N2O5S+. The number of unbranched alkanes of at least 4 members (excludes halogenated alkanes) is 4. The van der Waals surface area contributed by atoms with E-state index in [1.165, 1.54) is 86.8 Å². The maximum absolute atomic E-state index is 10.4. The van der Waals surface area contributed by atoms with Gasteiger partial charge in [0.15, 0.2) is 0 Å². The molecule has 0 spiro atoms. The van der Waals surface area contributed by atoms with Gasteiger partial charge in [-0.25, -0.2) is 4.72 Å². The van der Waals surface area contributed by atoms with Gasteiger partial charge in [0.2, 0.25) is 5.91 Å². The summed E-state index contributed by atoms with van der Waals surface area (Å²) >= 11 is 0. The summed E-state index contributed by atoms with van der Waals surface area (Å²) in [5, 5.41) is 0. The van der Waals surface area contributed by atoms with Gasteiger partial charge in [0, 0.05) is 0 Å². The second kappa shape index (κ2) is 16.9. The largest absolute Gasteiger partial charge is 0.359 e. The third kappa shape index (κ3) is 18.4. The molecule has 0 aliphatic heterocycles. The van der Waals surface area contributed by atoms with Gasteiger partial charge in [0.05, 0.1) is 32.6 Å². The molecule has 0 saturated heterocycles. The van der Waals surface area contributed by atoms with Crippen molar-refractivity contribution in [1.29, 1.82) is 0 Å². The van der Waals surface area contributed by atoms with Crippen LogP contribution in [0.15, 0.2) is 0 Å². The molecule has 0 bridgehead atoms. The second-order valence-electron chi connectivity index (χ2n) is 7.53. The molecule has 168 valence electrons. The summed E-state index contributed by atoms with van der Waals surface area (Å²) in [6.07, 6.45) is 10.5. The minimum Gasteiger partial charge on any atom is -0.324 e. The zero-order valence-electron chi connectivity index (χ0n) is 18.6. The van der Waals surface area contributed by atoms with Crippen LogP contribution in [0.5, 0.6) is 0 Å². The minimum atomic E-state index is -4.52. The van der Waals surface area contributed by atoms with Crippen LogP contribution < -0.4 is 4.72 Å². The van der Waals surface area contributed by atoms with Gasteiger partial charge in [-0.2, -0.15) is 8.42 Å². The Labute approximate surface area is 172 Å². The van der Waals surface area contributed by atoms with Crippen LogP contribution in [-0.2, 0) is 19.9 Å². The summed E-state index contributed by atoms with van der Waals surface area (Å²) in [5.74, 6) is -1.52.